The molecule has 2 atom stereocenters. The van der Waals surface area contributed by atoms with Crippen molar-refractivity contribution in [2.45, 2.75) is 46.2 Å². The Bertz CT molecular complexity index is 517. The number of H-pyrrole nitrogens is 1. The summed E-state index contributed by atoms with van der Waals surface area (Å²) in [6, 6.07) is 7.24. The van der Waals surface area contributed by atoms with Crippen LogP contribution in [-0.4, -0.2) is 9.97 Å². The number of hydrogen-bond acceptors (Lipinski definition) is 2. The first kappa shape index (κ1) is 13.8. The van der Waals surface area contributed by atoms with Gasteiger partial charge in [-0.3, -0.25) is 0 Å². The molecular weight excluding hydrogens is 234 g/mol. The van der Waals surface area contributed by atoms with E-state index >= 15 is 0 Å². The Morgan fingerprint density at radius 2 is 2.05 bits per heavy atom. The molecule has 0 saturated carbocycles. The van der Waals surface area contributed by atoms with Crippen molar-refractivity contribution < 1.29 is 0 Å². The van der Waals surface area contributed by atoms with E-state index in [1.807, 2.05) is 6.20 Å². The number of nitrogens with one attached hydrogen (secondary N) is 2. The lowest BCUT2D eigenvalue weighted by atomic mass is 10.0. The molecule has 0 aliphatic carbocycles. The van der Waals surface area contributed by atoms with Gasteiger partial charge in [0, 0.05) is 18.4 Å². The molecule has 1 heterocycles. The fourth-order valence-corrected chi connectivity index (χ4v) is 2.29. The van der Waals surface area contributed by atoms with Gasteiger partial charge < -0.3 is 10.3 Å². The molecule has 2 aromatic rings. The fourth-order valence-electron chi connectivity index (χ4n) is 2.29. The minimum atomic E-state index is 0.270. The number of aromatic amines is 1. The van der Waals surface area contributed by atoms with Gasteiger partial charge in [-0.25, -0.2) is 4.98 Å². The molecule has 2 N–H and O–H groups in total. The van der Waals surface area contributed by atoms with Crippen LogP contribution in [0.3, 0.4) is 0 Å². The van der Waals surface area contributed by atoms with Gasteiger partial charge in [-0.05, 0) is 43.9 Å². The van der Waals surface area contributed by atoms with Gasteiger partial charge in [0.25, 0.3) is 0 Å². The van der Waals surface area contributed by atoms with Crippen LogP contribution in [0.2, 0.25) is 0 Å². The van der Waals surface area contributed by atoms with Gasteiger partial charge in [0.05, 0.1) is 6.04 Å². The van der Waals surface area contributed by atoms with Gasteiger partial charge in [-0.2, -0.15) is 0 Å². The van der Waals surface area contributed by atoms with Crippen LogP contribution >= 0.6 is 0 Å². The first-order valence-corrected chi connectivity index (χ1v) is 6.94. The summed E-state index contributed by atoms with van der Waals surface area (Å²) >= 11 is 0. The maximum absolute atomic E-state index is 4.35. The van der Waals surface area contributed by atoms with Crippen molar-refractivity contribution in [2.24, 2.45) is 0 Å². The number of rotatable bonds is 5. The summed E-state index contributed by atoms with van der Waals surface area (Å²) in [4.78, 5) is 7.54. The Hall–Kier alpha value is -1.61. The van der Waals surface area contributed by atoms with Crippen LogP contribution in [0.15, 0.2) is 30.6 Å². The lowest BCUT2D eigenvalue weighted by Gasteiger charge is -2.21. The van der Waals surface area contributed by atoms with Crippen LogP contribution in [0.5, 0.6) is 0 Å². The first-order valence-electron chi connectivity index (χ1n) is 6.94. The minimum Gasteiger partial charge on any atom is -0.347 e. The molecule has 19 heavy (non-hydrogen) atoms. The first-order chi connectivity index (χ1) is 9.11. The van der Waals surface area contributed by atoms with Crippen LogP contribution in [0.25, 0.3) is 0 Å². The average molecular weight is 257 g/mol. The Morgan fingerprint density at radius 1 is 1.26 bits per heavy atom. The lowest BCUT2D eigenvalue weighted by molar-refractivity contribution is 0.441. The summed E-state index contributed by atoms with van der Waals surface area (Å²) in [5.74, 6) is 1.01. The van der Waals surface area contributed by atoms with Crippen LogP contribution < -0.4 is 5.32 Å². The second-order valence-electron chi connectivity index (χ2n) is 5.17. The van der Waals surface area contributed by atoms with Gasteiger partial charge in [-0.1, -0.05) is 25.1 Å². The molecule has 3 nitrogen and oxygen atoms in total. The molecule has 0 saturated heterocycles. The highest BCUT2D eigenvalue weighted by atomic mass is 15.0. The highest BCUT2D eigenvalue weighted by Gasteiger charge is 2.15. The van der Waals surface area contributed by atoms with Crippen molar-refractivity contribution in [3.05, 3.63) is 53.1 Å². The Kier molecular flexibility index (Phi) is 4.38. The van der Waals surface area contributed by atoms with Crippen LogP contribution in [0, 0.1) is 13.8 Å². The van der Waals surface area contributed by atoms with E-state index in [1.54, 1.807) is 6.20 Å². The van der Waals surface area contributed by atoms with Crippen molar-refractivity contribution in [1.82, 2.24) is 15.3 Å². The van der Waals surface area contributed by atoms with Crippen molar-refractivity contribution in [3.8, 4) is 0 Å². The molecule has 2 rings (SSSR count). The van der Waals surface area contributed by atoms with E-state index < -0.39 is 0 Å². The van der Waals surface area contributed by atoms with Crippen molar-refractivity contribution in [3.63, 3.8) is 0 Å². The van der Waals surface area contributed by atoms with E-state index in [-0.39, 0.29) is 6.04 Å². The summed E-state index contributed by atoms with van der Waals surface area (Å²) in [7, 11) is 0. The topological polar surface area (TPSA) is 40.7 Å². The quantitative estimate of drug-likeness (QED) is 0.854. The molecule has 3 heteroatoms. The molecule has 0 amide bonds. The summed E-state index contributed by atoms with van der Waals surface area (Å²) in [6.45, 7) is 8.69. The van der Waals surface area contributed by atoms with Crippen LogP contribution in [0.1, 0.15) is 54.9 Å². The van der Waals surface area contributed by atoms with Gasteiger partial charge >= 0.3 is 0 Å². The predicted octanol–water partition coefficient (Wildman–Crippen LogP) is 3.83. The maximum atomic E-state index is 4.35. The molecule has 0 fully saturated rings. The van der Waals surface area contributed by atoms with E-state index in [0.29, 0.717) is 6.04 Å². The summed E-state index contributed by atoms with van der Waals surface area (Å²) in [6.07, 6.45) is 4.70. The highest BCUT2D eigenvalue weighted by Crippen LogP contribution is 2.21. The predicted molar refractivity (Wildman–Crippen MR) is 79.1 cm³/mol. The molecule has 1 aromatic carbocycles. The largest absolute Gasteiger partial charge is 0.347 e. The fraction of sp³-hybridized carbons (Fsp3) is 0.438. The number of hydrogen-bond donors (Lipinski definition) is 2. The van der Waals surface area contributed by atoms with E-state index in [2.05, 4.69) is 61.2 Å². The van der Waals surface area contributed by atoms with E-state index in [4.69, 9.17) is 0 Å². The lowest BCUT2D eigenvalue weighted by Crippen LogP contribution is -2.25. The third kappa shape index (κ3) is 3.24. The third-order valence-electron chi connectivity index (χ3n) is 3.74. The Labute approximate surface area is 115 Å². The number of aryl methyl sites for hydroxylation is 2. The molecule has 0 aliphatic heterocycles. The van der Waals surface area contributed by atoms with Gasteiger partial charge in [0.15, 0.2) is 0 Å². The van der Waals surface area contributed by atoms with E-state index in [9.17, 15) is 0 Å². The number of aromatic nitrogens is 2. The summed E-state index contributed by atoms with van der Waals surface area (Å²) in [5.41, 5.74) is 4.01. The minimum absolute atomic E-state index is 0.270. The average Bonchev–Trinajstić information content (AvgIpc) is 2.92. The van der Waals surface area contributed by atoms with E-state index in [1.165, 1.54) is 16.7 Å². The van der Waals surface area contributed by atoms with Gasteiger partial charge in [0.2, 0.25) is 0 Å². The maximum Gasteiger partial charge on any atom is 0.123 e. The number of imidazole rings is 1. The van der Waals surface area contributed by atoms with Crippen molar-refractivity contribution >= 4 is 0 Å². The molecule has 0 radical (unpaired) electrons. The number of nitrogens with zero attached hydrogens (tertiary/aromatic N) is 1. The second-order valence-corrected chi connectivity index (χ2v) is 5.17. The molecule has 1 aromatic heterocycles. The summed E-state index contributed by atoms with van der Waals surface area (Å²) in [5, 5.41) is 3.64. The number of benzene rings is 1. The Morgan fingerprint density at radius 3 is 2.63 bits per heavy atom. The smallest absolute Gasteiger partial charge is 0.123 e. The molecular formula is C16H23N3. The zero-order valence-corrected chi connectivity index (χ0v) is 12.2. The molecule has 0 bridgehead atoms. The molecule has 102 valence electrons. The zero-order valence-electron chi connectivity index (χ0n) is 12.2. The standard InChI is InChI=1S/C16H23N3/c1-5-15(16-17-8-9-18-16)19-13(4)14-7-6-11(2)12(3)10-14/h6-10,13,15,19H,5H2,1-4H3,(H,17,18). The monoisotopic (exact) mass is 257 g/mol. The van der Waals surface area contributed by atoms with Crippen molar-refractivity contribution in [2.75, 3.05) is 0 Å². The molecule has 0 aliphatic rings. The normalized spacial score (nSPS) is 14.3. The Balaban J connectivity index is 2.11. The van der Waals surface area contributed by atoms with Crippen LogP contribution in [0.4, 0.5) is 0 Å². The molecule has 0 spiro atoms. The van der Waals surface area contributed by atoms with Gasteiger partial charge in [0.1, 0.15) is 5.82 Å². The summed E-state index contributed by atoms with van der Waals surface area (Å²) < 4.78 is 0. The third-order valence-corrected chi connectivity index (χ3v) is 3.74. The second kappa shape index (κ2) is 6.02. The SMILES string of the molecule is CCC(NC(C)c1ccc(C)c(C)c1)c1ncc[nH]1. The molecule has 2 unspecified atom stereocenters. The highest BCUT2D eigenvalue weighted by molar-refractivity contribution is 5.31. The van der Waals surface area contributed by atoms with Crippen molar-refractivity contribution in [1.29, 1.82) is 0 Å². The van der Waals surface area contributed by atoms with E-state index in [0.717, 1.165) is 12.2 Å². The van der Waals surface area contributed by atoms with Gasteiger partial charge in [-0.15, -0.1) is 0 Å². The zero-order chi connectivity index (χ0) is 13.8. The van der Waals surface area contributed by atoms with Crippen LogP contribution in [-0.2, 0) is 0 Å².